The van der Waals surface area contributed by atoms with Gasteiger partial charge in [-0.2, -0.15) is 0 Å². The molecule has 2 atom stereocenters. The summed E-state index contributed by atoms with van der Waals surface area (Å²) >= 11 is 0. The van der Waals surface area contributed by atoms with Gasteiger partial charge in [-0.05, 0) is 18.9 Å². The van der Waals surface area contributed by atoms with Crippen LogP contribution in [0.5, 0.6) is 0 Å². The molecule has 2 unspecified atom stereocenters. The van der Waals surface area contributed by atoms with Gasteiger partial charge in [0, 0.05) is 13.1 Å². The molecule has 19 heavy (non-hydrogen) atoms. The first-order chi connectivity index (χ1) is 9.22. The maximum atomic E-state index is 4.17. The van der Waals surface area contributed by atoms with Crippen molar-refractivity contribution in [3.8, 4) is 0 Å². The fourth-order valence-electron chi connectivity index (χ4n) is 2.38. The summed E-state index contributed by atoms with van der Waals surface area (Å²) in [7, 11) is 1.98. The molecule has 0 spiro atoms. The lowest BCUT2D eigenvalue weighted by Crippen LogP contribution is -2.26. The van der Waals surface area contributed by atoms with E-state index >= 15 is 0 Å². The third-order valence-electron chi connectivity index (χ3n) is 3.36. The first kappa shape index (κ1) is 13.7. The molecule has 0 aliphatic heterocycles. The highest BCUT2D eigenvalue weighted by Gasteiger charge is 2.17. The summed E-state index contributed by atoms with van der Waals surface area (Å²) in [6.45, 7) is 4.35. The molecule has 1 N–H and O–H groups in total. The summed E-state index contributed by atoms with van der Waals surface area (Å²) in [5.74, 6) is 0.969. The van der Waals surface area contributed by atoms with E-state index in [9.17, 15) is 0 Å². The van der Waals surface area contributed by atoms with Gasteiger partial charge < -0.3 is 9.88 Å². The second kappa shape index (κ2) is 6.48. The molecule has 0 saturated heterocycles. The van der Waals surface area contributed by atoms with Crippen molar-refractivity contribution in [2.24, 2.45) is 7.05 Å². The zero-order chi connectivity index (χ0) is 13.7. The highest BCUT2D eigenvalue weighted by Crippen LogP contribution is 2.22. The molecular formula is C15H22N4. The van der Waals surface area contributed by atoms with Crippen LogP contribution in [-0.2, 0) is 7.05 Å². The van der Waals surface area contributed by atoms with Crippen LogP contribution in [0.1, 0.15) is 50.2 Å². The van der Waals surface area contributed by atoms with Gasteiger partial charge in [-0.1, -0.05) is 43.7 Å². The van der Waals surface area contributed by atoms with Crippen LogP contribution in [0.25, 0.3) is 0 Å². The first-order valence-corrected chi connectivity index (χ1v) is 6.87. The Morgan fingerprint density at radius 2 is 2.00 bits per heavy atom. The molecule has 4 heteroatoms. The van der Waals surface area contributed by atoms with Crippen LogP contribution < -0.4 is 5.32 Å². The maximum absolute atomic E-state index is 4.17. The van der Waals surface area contributed by atoms with Gasteiger partial charge in [0.25, 0.3) is 0 Å². The Morgan fingerprint density at radius 1 is 1.26 bits per heavy atom. The van der Waals surface area contributed by atoms with E-state index in [4.69, 9.17) is 0 Å². The predicted molar refractivity (Wildman–Crippen MR) is 76.6 cm³/mol. The molecule has 102 valence electrons. The molecule has 0 amide bonds. The molecule has 0 saturated carbocycles. The molecule has 2 rings (SSSR count). The maximum Gasteiger partial charge on any atom is 0.149 e. The van der Waals surface area contributed by atoms with Crippen molar-refractivity contribution in [1.82, 2.24) is 20.1 Å². The quantitative estimate of drug-likeness (QED) is 0.866. The average Bonchev–Trinajstić information content (AvgIpc) is 2.85. The predicted octanol–water partition coefficient (Wildman–Crippen LogP) is 3.01. The van der Waals surface area contributed by atoms with E-state index in [2.05, 4.69) is 59.7 Å². The van der Waals surface area contributed by atoms with Gasteiger partial charge in [-0.3, -0.25) is 0 Å². The van der Waals surface area contributed by atoms with Gasteiger partial charge in [0.1, 0.15) is 12.2 Å². The second-order valence-electron chi connectivity index (χ2n) is 4.94. The number of aromatic nitrogens is 3. The van der Waals surface area contributed by atoms with Crippen molar-refractivity contribution >= 4 is 0 Å². The SMILES string of the molecule is CCCC(NC(C)c1nncn1C)c1ccccc1. The summed E-state index contributed by atoms with van der Waals surface area (Å²) in [5, 5.41) is 11.8. The molecule has 0 bridgehead atoms. The fourth-order valence-corrected chi connectivity index (χ4v) is 2.38. The average molecular weight is 258 g/mol. The molecular weight excluding hydrogens is 236 g/mol. The number of aryl methyl sites for hydroxylation is 1. The Hall–Kier alpha value is -1.68. The zero-order valence-corrected chi connectivity index (χ0v) is 11.9. The van der Waals surface area contributed by atoms with Crippen LogP contribution in [0.2, 0.25) is 0 Å². The summed E-state index contributed by atoms with van der Waals surface area (Å²) < 4.78 is 1.96. The standard InChI is InChI=1S/C15H22N4/c1-4-8-14(13-9-6-5-7-10-13)17-12(2)15-18-16-11-19(15)3/h5-7,9-12,14,17H,4,8H2,1-3H3. The Bertz CT molecular complexity index is 492. The minimum absolute atomic E-state index is 0.184. The van der Waals surface area contributed by atoms with Gasteiger partial charge in [0.15, 0.2) is 0 Å². The molecule has 0 fully saturated rings. The summed E-state index contributed by atoms with van der Waals surface area (Å²) in [4.78, 5) is 0. The molecule has 2 aromatic rings. The van der Waals surface area contributed by atoms with Crippen LogP contribution in [0.4, 0.5) is 0 Å². The number of hydrogen-bond donors (Lipinski definition) is 1. The van der Waals surface area contributed by atoms with Crippen LogP contribution in [-0.4, -0.2) is 14.8 Å². The third kappa shape index (κ3) is 3.41. The molecule has 0 aliphatic rings. The van der Waals surface area contributed by atoms with E-state index in [1.54, 1.807) is 6.33 Å². The zero-order valence-electron chi connectivity index (χ0n) is 11.9. The Morgan fingerprint density at radius 3 is 2.58 bits per heavy atom. The van der Waals surface area contributed by atoms with Crippen molar-refractivity contribution in [2.75, 3.05) is 0 Å². The highest BCUT2D eigenvalue weighted by molar-refractivity contribution is 5.19. The van der Waals surface area contributed by atoms with Crippen LogP contribution in [0.3, 0.4) is 0 Å². The summed E-state index contributed by atoms with van der Waals surface area (Å²) in [6, 6.07) is 11.1. The highest BCUT2D eigenvalue weighted by atomic mass is 15.3. The normalized spacial score (nSPS) is 14.3. The van der Waals surface area contributed by atoms with E-state index in [0.29, 0.717) is 6.04 Å². The first-order valence-electron chi connectivity index (χ1n) is 6.87. The van der Waals surface area contributed by atoms with Gasteiger partial charge in [0.2, 0.25) is 0 Å². The van der Waals surface area contributed by atoms with Crippen molar-refractivity contribution in [1.29, 1.82) is 0 Å². The summed E-state index contributed by atoms with van der Waals surface area (Å²) in [5.41, 5.74) is 1.33. The van der Waals surface area contributed by atoms with E-state index in [1.165, 1.54) is 5.56 Å². The van der Waals surface area contributed by atoms with Gasteiger partial charge in [-0.25, -0.2) is 0 Å². The van der Waals surface area contributed by atoms with E-state index < -0.39 is 0 Å². The number of nitrogens with one attached hydrogen (secondary N) is 1. The monoisotopic (exact) mass is 258 g/mol. The van der Waals surface area contributed by atoms with Crippen molar-refractivity contribution in [2.45, 2.75) is 38.8 Å². The Balaban J connectivity index is 2.11. The smallest absolute Gasteiger partial charge is 0.149 e. The van der Waals surface area contributed by atoms with Crippen molar-refractivity contribution < 1.29 is 0 Å². The van der Waals surface area contributed by atoms with Gasteiger partial charge >= 0.3 is 0 Å². The topological polar surface area (TPSA) is 42.7 Å². The van der Waals surface area contributed by atoms with E-state index in [1.807, 2.05) is 11.6 Å². The molecule has 0 aliphatic carbocycles. The Kier molecular flexibility index (Phi) is 4.68. The van der Waals surface area contributed by atoms with Crippen molar-refractivity contribution in [3.63, 3.8) is 0 Å². The van der Waals surface area contributed by atoms with Crippen molar-refractivity contribution in [3.05, 3.63) is 48.0 Å². The number of hydrogen-bond acceptors (Lipinski definition) is 3. The molecule has 0 radical (unpaired) electrons. The molecule has 4 nitrogen and oxygen atoms in total. The lowest BCUT2D eigenvalue weighted by molar-refractivity contribution is 0.421. The number of nitrogens with zero attached hydrogens (tertiary/aromatic N) is 3. The van der Waals surface area contributed by atoms with Crippen LogP contribution in [0.15, 0.2) is 36.7 Å². The minimum atomic E-state index is 0.184. The molecule has 1 aromatic carbocycles. The van der Waals surface area contributed by atoms with Gasteiger partial charge in [0.05, 0.1) is 6.04 Å². The van der Waals surface area contributed by atoms with E-state index in [-0.39, 0.29) is 6.04 Å². The lowest BCUT2D eigenvalue weighted by Gasteiger charge is -2.23. The Labute approximate surface area is 114 Å². The largest absolute Gasteiger partial charge is 0.319 e. The lowest BCUT2D eigenvalue weighted by atomic mass is 10.0. The molecule has 1 aromatic heterocycles. The number of benzene rings is 1. The van der Waals surface area contributed by atoms with Crippen LogP contribution >= 0.6 is 0 Å². The molecule has 1 heterocycles. The minimum Gasteiger partial charge on any atom is -0.319 e. The van der Waals surface area contributed by atoms with E-state index in [0.717, 1.165) is 18.7 Å². The summed E-state index contributed by atoms with van der Waals surface area (Å²) in [6.07, 6.45) is 4.01. The van der Waals surface area contributed by atoms with Crippen LogP contribution in [0, 0.1) is 0 Å². The van der Waals surface area contributed by atoms with Gasteiger partial charge in [-0.15, -0.1) is 10.2 Å². The number of rotatable bonds is 6. The third-order valence-corrected chi connectivity index (χ3v) is 3.36. The fraction of sp³-hybridized carbons (Fsp3) is 0.467. The second-order valence-corrected chi connectivity index (χ2v) is 4.94.